The van der Waals surface area contributed by atoms with Gasteiger partial charge in [-0.25, -0.2) is 4.98 Å². The standard InChI is InChI=1S/C31H27N7O2S/c1-17(39)27-9-10-28(41-27)22-15-33-16-26-21(22)12-25(35-26)30-29-24(37-38-30)8-7-23(36-29)19-11-20(14-32-13-19)34-31(40)18-5-3-2-4-6-18/h7-16,18,35H,2-6H2,1H3,(H,34,40)(H,37,38). The quantitative estimate of drug-likeness (QED) is 0.188. The summed E-state index contributed by atoms with van der Waals surface area (Å²) >= 11 is 1.46. The predicted molar refractivity (Wildman–Crippen MR) is 161 cm³/mol. The summed E-state index contributed by atoms with van der Waals surface area (Å²) in [5.41, 5.74) is 7.05. The van der Waals surface area contributed by atoms with E-state index in [1.807, 2.05) is 42.6 Å². The Morgan fingerprint density at radius 1 is 0.951 bits per heavy atom. The van der Waals surface area contributed by atoms with Gasteiger partial charge in [0.15, 0.2) is 5.78 Å². The van der Waals surface area contributed by atoms with Gasteiger partial charge < -0.3 is 10.3 Å². The number of aromatic amines is 2. The van der Waals surface area contributed by atoms with Crippen LogP contribution in [0.15, 0.2) is 61.2 Å². The van der Waals surface area contributed by atoms with E-state index in [2.05, 4.69) is 30.5 Å². The lowest BCUT2D eigenvalue weighted by molar-refractivity contribution is -0.120. The van der Waals surface area contributed by atoms with Gasteiger partial charge in [-0.15, -0.1) is 11.3 Å². The number of fused-ring (bicyclic) bond motifs is 2. The molecule has 0 unspecified atom stereocenters. The van der Waals surface area contributed by atoms with Gasteiger partial charge in [0.05, 0.1) is 45.4 Å². The number of H-pyrrole nitrogens is 2. The first-order valence-electron chi connectivity index (χ1n) is 13.7. The SMILES string of the molecule is CC(=O)c1ccc(-c2cncc3[nH]c(-c4n[nH]c5ccc(-c6cncc(NC(=O)C7CCCCC7)c6)nc45)cc23)s1. The minimum absolute atomic E-state index is 0.0494. The third kappa shape index (κ3) is 4.80. The van der Waals surface area contributed by atoms with E-state index in [4.69, 9.17) is 4.98 Å². The average Bonchev–Trinajstić information content (AvgIpc) is 3.75. The number of carbonyl (C=O) groups is 2. The molecule has 6 aromatic rings. The Morgan fingerprint density at radius 2 is 1.80 bits per heavy atom. The van der Waals surface area contributed by atoms with Gasteiger partial charge in [0.1, 0.15) is 11.2 Å². The first-order valence-corrected chi connectivity index (χ1v) is 14.5. The molecule has 1 saturated carbocycles. The van der Waals surface area contributed by atoms with Gasteiger partial charge in [0.25, 0.3) is 0 Å². The van der Waals surface area contributed by atoms with Crippen LogP contribution < -0.4 is 5.32 Å². The number of rotatable bonds is 6. The van der Waals surface area contributed by atoms with Crippen LogP contribution in [-0.4, -0.2) is 41.8 Å². The van der Waals surface area contributed by atoms with Gasteiger partial charge in [-0.3, -0.25) is 24.7 Å². The van der Waals surface area contributed by atoms with E-state index >= 15 is 0 Å². The number of hydrogen-bond acceptors (Lipinski definition) is 7. The van der Waals surface area contributed by atoms with Crippen molar-refractivity contribution in [2.75, 3.05) is 5.32 Å². The Morgan fingerprint density at radius 3 is 2.63 bits per heavy atom. The van der Waals surface area contributed by atoms with E-state index in [9.17, 15) is 9.59 Å². The van der Waals surface area contributed by atoms with Crippen molar-refractivity contribution in [3.8, 4) is 33.1 Å². The van der Waals surface area contributed by atoms with Crippen LogP contribution in [0.25, 0.3) is 55.0 Å². The smallest absolute Gasteiger partial charge is 0.227 e. The highest BCUT2D eigenvalue weighted by atomic mass is 32.1. The van der Waals surface area contributed by atoms with Crippen LogP contribution >= 0.6 is 11.3 Å². The van der Waals surface area contributed by atoms with E-state index in [1.54, 1.807) is 25.5 Å². The molecule has 9 nitrogen and oxygen atoms in total. The topological polar surface area (TPSA) is 129 Å². The maximum Gasteiger partial charge on any atom is 0.227 e. The summed E-state index contributed by atoms with van der Waals surface area (Å²) < 4.78 is 0. The van der Waals surface area contributed by atoms with Crippen molar-refractivity contribution < 1.29 is 9.59 Å². The van der Waals surface area contributed by atoms with Gasteiger partial charge >= 0.3 is 0 Å². The number of hydrogen-bond donors (Lipinski definition) is 3. The Kier molecular flexibility index (Phi) is 6.39. The highest BCUT2D eigenvalue weighted by Crippen LogP contribution is 2.36. The first kappa shape index (κ1) is 25.3. The summed E-state index contributed by atoms with van der Waals surface area (Å²) in [5, 5.41) is 11.7. The number of ketones is 1. The normalized spacial score (nSPS) is 14.1. The summed E-state index contributed by atoms with van der Waals surface area (Å²) in [6.07, 6.45) is 12.3. The molecule has 0 aromatic carbocycles. The van der Waals surface area contributed by atoms with E-state index in [1.165, 1.54) is 17.8 Å². The van der Waals surface area contributed by atoms with E-state index in [-0.39, 0.29) is 17.6 Å². The maximum absolute atomic E-state index is 12.8. The number of nitrogens with one attached hydrogen (secondary N) is 3. The molecule has 0 bridgehead atoms. The van der Waals surface area contributed by atoms with Crippen molar-refractivity contribution in [2.45, 2.75) is 39.0 Å². The number of nitrogens with zero attached hydrogens (tertiary/aromatic N) is 4. The molecule has 7 rings (SSSR count). The van der Waals surface area contributed by atoms with Gasteiger partial charge in [0, 0.05) is 39.7 Å². The Labute approximate surface area is 239 Å². The lowest BCUT2D eigenvalue weighted by Crippen LogP contribution is -2.24. The second-order valence-electron chi connectivity index (χ2n) is 10.5. The largest absolute Gasteiger partial charge is 0.352 e. The van der Waals surface area contributed by atoms with Crippen LogP contribution in [0.1, 0.15) is 48.7 Å². The zero-order valence-corrected chi connectivity index (χ0v) is 23.2. The highest BCUT2D eigenvalue weighted by Gasteiger charge is 2.21. The molecule has 1 amide bonds. The lowest BCUT2D eigenvalue weighted by atomic mass is 9.88. The molecule has 0 radical (unpaired) electrons. The Hall–Kier alpha value is -4.70. The minimum atomic E-state index is 0.0494. The molecule has 0 saturated heterocycles. The van der Waals surface area contributed by atoms with Gasteiger partial charge in [-0.2, -0.15) is 5.10 Å². The fraction of sp³-hybridized carbons (Fsp3) is 0.226. The molecule has 1 aliphatic rings. The molecule has 1 aliphatic carbocycles. The molecule has 6 aromatic heterocycles. The number of thiophene rings is 1. The van der Waals surface area contributed by atoms with E-state index < -0.39 is 0 Å². The van der Waals surface area contributed by atoms with Crippen LogP contribution in [0.2, 0.25) is 0 Å². The fourth-order valence-electron chi connectivity index (χ4n) is 5.55. The first-order chi connectivity index (χ1) is 20.0. The number of carbonyl (C=O) groups excluding carboxylic acids is 2. The van der Waals surface area contributed by atoms with E-state index in [0.29, 0.717) is 11.4 Å². The van der Waals surface area contributed by atoms with Gasteiger partial charge in [-0.1, -0.05) is 19.3 Å². The third-order valence-electron chi connectivity index (χ3n) is 7.70. The summed E-state index contributed by atoms with van der Waals surface area (Å²) in [7, 11) is 0. The maximum atomic E-state index is 12.8. The van der Waals surface area contributed by atoms with Crippen molar-refractivity contribution in [2.24, 2.45) is 5.92 Å². The van der Waals surface area contributed by atoms with Crippen molar-refractivity contribution in [1.82, 2.24) is 30.1 Å². The molecule has 10 heteroatoms. The molecule has 41 heavy (non-hydrogen) atoms. The van der Waals surface area contributed by atoms with Crippen molar-refractivity contribution in [3.63, 3.8) is 0 Å². The molecule has 0 spiro atoms. The highest BCUT2D eigenvalue weighted by molar-refractivity contribution is 7.17. The summed E-state index contributed by atoms with van der Waals surface area (Å²) in [6, 6.07) is 11.6. The Bertz CT molecular complexity index is 1930. The summed E-state index contributed by atoms with van der Waals surface area (Å²) in [4.78, 5) is 43.5. The van der Waals surface area contributed by atoms with Gasteiger partial charge in [0.2, 0.25) is 5.91 Å². The van der Waals surface area contributed by atoms with Gasteiger partial charge in [-0.05, 0) is 56.2 Å². The monoisotopic (exact) mass is 561 g/mol. The summed E-state index contributed by atoms with van der Waals surface area (Å²) in [5.74, 6) is 0.184. The second-order valence-corrected chi connectivity index (χ2v) is 11.6. The molecule has 1 fully saturated rings. The Balaban J connectivity index is 1.22. The van der Waals surface area contributed by atoms with Crippen molar-refractivity contribution in [1.29, 1.82) is 0 Å². The molecular formula is C31H27N7O2S. The minimum Gasteiger partial charge on any atom is -0.352 e. The van der Waals surface area contributed by atoms with Crippen molar-refractivity contribution in [3.05, 3.63) is 66.1 Å². The average molecular weight is 562 g/mol. The fourth-order valence-corrected chi connectivity index (χ4v) is 6.48. The van der Waals surface area contributed by atoms with Crippen LogP contribution in [-0.2, 0) is 4.79 Å². The second kappa shape index (κ2) is 10.4. The molecule has 6 heterocycles. The zero-order valence-electron chi connectivity index (χ0n) is 22.4. The number of anilines is 1. The van der Waals surface area contributed by atoms with Crippen molar-refractivity contribution >= 4 is 50.7 Å². The van der Waals surface area contributed by atoms with E-state index in [0.717, 1.165) is 79.9 Å². The summed E-state index contributed by atoms with van der Waals surface area (Å²) in [6.45, 7) is 1.58. The lowest BCUT2D eigenvalue weighted by Gasteiger charge is -2.20. The number of pyridine rings is 3. The number of amides is 1. The molecule has 0 atom stereocenters. The molecule has 0 aliphatic heterocycles. The third-order valence-corrected chi connectivity index (χ3v) is 8.92. The number of aromatic nitrogens is 6. The van der Waals surface area contributed by atoms with Crippen LogP contribution in [0.3, 0.4) is 0 Å². The molecular weight excluding hydrogens is 534 g/mol. The predicted octanol–water partition coefficient (Wildman–Crippen LogP) is 7.01. The number of Topliss-reactive ketones (excluding diaryl/α,β-unsaturated/α-hetero) is 1. The molecule has 204 valence electrons. The van der Waals surface area contributed by atoms with Crippen LogP contribution in [0.5, 0.6) is 0 Å². The zero-order chi connectivity index (χ0) is 27.9. The van der Waals surface area contributed by atoms with Crippen LogP contribution in [0, 0.1) is 5.92 Å². The molecule has 3 N–H and O–H groups in total. The van der Waals surface area contributed by atoms with Crippen LogP contribution in [0.4, 0.5) is 5.69 Å².